The van der Waals surface area contributed by atoms with Gasteiger partial charge in [-0.2, -0.15) is 11.8 Å². The Balaban J connectivity index is 1.61. The van der Waals surface area contributed by atoms with Gasteiger partial charge in [0, 0.05) is 11.0 Å². The fourth-order valence-corrected chi connectivity index (χ4v) is 5.16. The molecule has 1 fully saturated rings. The molecule has 1 aliphatic heterocycles. The van der Waals surface area contributed by atoms with Crippen molar-refractivity contribution in [1.29, 1.82) is 0 Å². The molecule has 0 saturated carbocycles. The molecule has 10 heteroatoms. The van der Waals surface area contributed by atoms with Gasteiger partial charge in [0.25, 0.3) is 0 Å². The van der Waals surface area contributed by atoms with E-state index in [0.717, 1.165) is 5.75 Å². The van der Waals surface area contributed by atoms with Gasteiger partial charge >= 0.3 is 7.82 Å². The van der Waals surface area contributed by atoms with Crippen LogP contribution >= 0.6 is 19.6 Å². The molecule has 1 saturated heterocycles. The molecule has 1 heterocycles. The van der Waals surface area contributed by atoms with Crippen molar-refractivity contribution in [2.45, 2.75) is 16.8 Å². The standard InChI is InChI=1S/C16H17O7PS2/c17-24(18,19)22-9-12-1-3-13(4-2-12)23-14-5-7-16(8-6-14)26(20,21)11-15-10-25-15/h1-8,15H,9-11H2,(H2,17,18,19). The van der Waals surface area contributed by atoms with Crippen LogP contribution in [0.3, 0.4) is 0 Å². The highest BCUT2D eigenvalue weighted by atomic mass is 32.2. The first kappa shape index (κ1) is 19.4. The Bertz CT molecular complexity index is 901. The minimum absolute atomic E-state index is 0.163. The van der Waals surface area contributed by atoms with Crippen LogP contribution in [0, 0.1) is 0 Å². The van der Waals surface area contributed by atoms with Gasteiger partial charge in [-0.1, -0.05) is 12.1 Å². The maximum atomic E-state index is 12.2. The SMILES string of the molecule is O=P(O)(O)OCc1ccc(Oc2ccc(S(=O)(=O)CC3CS3)cc2)cc1. The van der Waals surface area contributed by atoms with Gasteiger partial charge in [0.15, 0.2) is 9.84 Å². The summed E-state index contributed by atoms with van der Waals surface area (Å²) in [5.74, 6) is 2.06. The van der Waals surface area contributed by atoms with Crippen molar-refractivity contribution in [3.8, 4) is 11.5 Å². The predicted molar refractivity (Wildman–Crippen MR) is 98.1 cm³/mol. The number of rotatable bonds is 8. The van der Waals surface area contributed by atoms with Crippen molar-refractivity contribution >= 4 is 29.4 Å². The Kier molecular flexibility index (Phi) is 5.76. The molecule has 2 aromatic rings. The van der Waals surface area contributed by atoms with Crippen LogP contribution in [-0.2, 0) is 25.5 Å². The first-order valence-corrected chi connectivity index (χ1v) is 11.9. The topological polar surface area (TPSA) is 110 Å². The van der Waals surface area contributed by atoms with Gasteiger partial charge in [-0.15, -0.1) is 0 Å². The minimum Gasteiger partial charge on any atom is -0.457 e. The van der Waals surface area contributed by atoms with Crippen molar-refractivity contribution < 1.29 is 32.0 Å². The number of ether oxygens (including phenoxy) is 1. The summed E-state index contributed by atoms with van der Waals surface area (Å²) in [6.45, 7) is -0.212. The fraction of sp³-hybridized carbons (Fsp3) is 0.250. The van der Waals surface area contributed by atoms with Crippen LogP contribution in [-0.4, -0.2) is 35.0 Å². The van der Waals surface area contributed by atoms with E-state index in [4.69, 9.17) is 14.5 Å². The Morgan fingerprint density at radius 3 is 2.08 bits per heavy atom. The Labute approximate surface area is 155 Å². The Hall–Kier alpha value is -1.35. The van der Waals surface area contributed by atoms with E-state index in [0.29, 0.717) is 17.1 Å². The van der Waals surface area contributed by atoms with E-state index >= 15 is 0 Å². The lowest BCUT2D eigenvalue weighted by Gasteiger charge is -2.09. The zero-order chi connectivity index (χ0) is 18.8. The molecule has 1 unspecified atom stereocenters. The highest BCUT2D eigenvalue weighted by molar-refractivity contribution is 8.08. The third-order valence-electron chi connectivity index (χ3n) is 3.55. The van der Waals surface area contributed by atoms with Crippen LogP contribution in [0.25, 0.3) is 0 Å². The van der Waals surface area contributed by atoms with E-state index in [9.17, 15) is 13.0 Å². The zero-order valence-corrected chi connectivity index (χ0v) is 16.0. The number of hydrogen-bond donors (Lipinski definition) is 2. The lowest BCUT2D eigenvalue weighted by molar-refractivity contribution is 0.189. The van der Waals surface area contributed by atoms with Crippen LogP contribution < -0.4 is 4.74 Å². The summed E-state index contributed by atoms with van der Waals surface area (Å²) >= 11 is 1.64. The molecule has 7 nitrogen and oxygen atoms in total. The minimum atomic E-state index is -4.50. The van der Waals surface area contributed by atoms with Crippen LogP contribution in [0.5, 0.6) is 11.5 Å². The zero-order valence-electron chi connectivity index (χ0n) is 13.5. The smallest absolute Gasteiger partial charge is 0.457 e. The molecule has 2 N–H and O–H groups in total. The summed E-state index contributed by atoms with van der Waals surface area (Å²) in [7, 11) is -7.77. The molecule has 1 aliphatic rings. The highest BCUT2D eigenvalue weighted by Crippen LogP contribution is 2.37. The van der Waals surface area contributed by atoms with E-state index in [2.05, 4.69) is 4.52 Å². The molecule has 1 atom stereocenters. The highest BCUT2D eigenvalue weighted by Gasteiger charge is 2.29. The lowest BCUT2D eigenvalue weighted by Crippen LogP contribution is -2.10. The van der Waals surface area contributed by atoms with Crippen molar-refractivity contribution in [3.63, 3.8) is 0 Å². The Morgan fingerprint density at radius 1 is 1.04 bits per heavy atom. The number of benzene rings is 2. The third kappa shape index (κ3) is 5.84. The summed E-state index contributed by atoms with van der Waals surface area (Å²) in [5, 5.41) is 0.212. The van der Waals surface area contributed by atoms with Crippen molar-refractivity contribution in [2.24, 2.45) is 0 Å². The van der Waals surface area contributed by atoms with E-state index < -0.39 is 17.7 Å². The molecule has 0 bridgehead atoms. The van der Waals surface area contributed by atoms with E-state index in [-0.39, 0.29) is 22.5 Å². The third-order valence-corrected chi connectivity index (χ3v) is 7.03. The second-order valence-electron chi connectivity index (χ2n) is 5.72. The molecule has 0 aliphatic carbocycles. The number of thioether (sulfide) groups is 1. The van der Waals surface area contributed by atoms with Crippen LogP contribution in [0.4, 0.5) is 0 Å². The van der Waals surface area contributed by atoms with Crippen LogP contribution in [0.15, 0.2) is 53.4 Å². The molecule has 0 aromatic heterocycles. The Morgan fingerprint density at radius 2 is 1.58 bits per heavy atom. The second-order valence-corrected chi connectivity index (χ2v) is 10.3. The van der Waals surface area contributed by atoms with Crippen molar-refractivity contribution in [2.75, 3.05) is 11.5 Å². The van der Waals surface area contributed by atoms with E-state index in [1.165, 1.54) is 12.1 Å². The maximum absolute atomic E-state index is 12.2. The summed E-state index contributed by atoms with van der Waals surface area (Å²) < 4.78 is 45.1. The van der Waals surface area contributed by atoms with Gasteiger partial charge in [0.1, 0.15) is 11.5 Å². The summed E-state index contributed by atoms with van der Waals surface area (Å²) in [6.07, 6.45) is 0. The molecular formula is C16H17O7PS2. The van der Waals surface area contributed by atoms with Crippen molar-refractivity contribution in [3.05, 3.63) is 54.1 Å². The van der Waals surface area contributed by atoms with Gasteiger partial charge in [-0.3, -0.25) is 4.52 Å². The maximum Gasteiger partial charge on any atom is 0.469 e. The molecule has 0 radical (unpaired) electrons. The van der Waals surface area contributed by atoms with Gasteiger partial charge in [-0.25, -0.2) is 13.0 Å². The molecule has 0 spiro atoms. The normalized spacial score (nSPS) is 17.1. The van der Waals surface area contributed by atoms with Gasteiger partial charge in [-0.05, 0) is 42.0 Å². The summed E-state index contributed by atoms with van der Waals surface area (Å²) in [6, 6.07) is 12.8. The molecule has 2 aromatic carbocycles. The predicted octanol–water partition coefficient (Wildman–Crippen LogP) is 2.98. The monoisotopic (exact) mass is 416 g/mol. The van der Waals surface area contributed by atoms with E-state index in [1.54, 1.807) is 48.2 Å². The number of phosphoric ester groups is 1. The van der Waals surface area contributed by atoms with Gasteiger partial charge < -0.3 is 14.5 Å². The van der Waals surface area contributed by atoms with Crippen molar-refractivity contribution in [1.82, 2.24) is 0 Å². The van der Waals surface area contributed by atoms with Gasteiger partial charge in [0.2, 0.25) is 0 Å². The number of hydrogen-bond acceptors (Lipinski definition) is 6. The summed E-state index contributed by atoms with van der Waals surface area (Å²) in [5.41, 5.74) is 0.583. The average molecular weight is 416 g/mol. The quantitative estimate of drug-likeness (QED) is 0.499. The number of sulfone groups is 1. The summed E-state index contributed by atoms with van der Waals surface area (Å²) in [4.78, 5) is 17.6. The van der Waals surface area contributed by atoms with Gasteiger partial charge in [0.05, 0.1) is 17.3 Å². The molecular weight excluding hydrogens is 399 g/mol. The average Bonchev–Trinajstić information content (AvgIpc) is 3.37. The largest absolute Gasteiger partial charge is 0.469 e. The fourth-order valence-electron chi connectivity index (χ4n) is 2.17. The van der Waals surface area contributed by atoms with E-state index in [1.807, 2.05) is 0 Å². The first-order valence-electron chi connectivity index (χ1n) is 7.63. The molecule has 0 amide bonds. The molecule has 26 heavy (non-hydrogen) atoms. The van der Waals surface area contributed by atoms with Crippen LogP contribution in [0.1, 0.15) is 5.56 Å². The molecule has 140 valence electrons. The lowest BCUT2D eigenvalue weighted by atomic mass is 10.2. The second kappa shape index (κ2) is 7.72. The molecule has 3 rings (SSSR count). The van der Waals surface area contributed by atoms with Crippen LogP contribution in [0.2, 0.25) is 0 Å². The first-order chi connectivity index (χ1) is 12.2. The number of phosphoric acid groups is 1.